The lowest BCUT2D eigenvalue weighted by atomic mass is 10.1. The van der Waals surface area contributed by atoms with Gasteiger partial charge >= 0.3 is 0 Å². The van der Waals surface area contributed by atoms with Crippen molar-refractivity contribution >= 4 is 5.91 Å². The van der Waals surface area contributed by atoms with E-state index in [4.69, 9.17) is 9.26 Å². The SMILES string of the molecule is COc1cccc(CNC(=O)c2cn(-c3cc(-c4noc(C)n4)ccc3C)nc2C)c1. The molecule has 1 amide bonds. The van der Waals surface area contributed by atoms with Crippen molar-refractivity contribution in [2.45, 2.75) is 27.3 Å². The molecule has 2 heterocycles. The number of ether oxygens (including phenoxy) is 1. The summed E-state index contributed by atoms with van der Waals surface area (Å²) in [4.78, 5) is 17.1. The summed E-state index contributed by atoms with van der Waals surface area (Å²) in [6.45, 7) is 5.95. The molecule has 2 aromatic carbocycles. The number of amides is 1. The van der Waals surface area contributed by atoms with E-state index >= 15 is 0 Å². The molecule has 0 aliphatic heterocycles. The molecule has 0 radical (unpaired) electrons. The highest BCUT2D eigenvalue weighted by Gasteiger charge is 2.16. The zero-order valence-corrected chi connectivity index (χ0v) is 17.8. The van der Waals surface area contributed by atoms with Gasteiger partial charge in [0.25, 0.3) is 5.91 Å². The van der Waals surface area contributed by atoms with Crippen LogP contribution in [0.4, 0.5) is 0 Å². The fourth-order valence-corrected chi connectivity index (χ4v) is 3.28. The largest absolute Gasteiger partial charge is 0.497 e. The number of nitrogens with zero attached hydrogens (tertiary/aromatic N) is 4. The van der Waals surface area contributed by atoms with Gasteiger partial charge in [0.2, 0.25) is 11.7 Å². The predicted molar refractivity (Wildman–Crippen MR) is 115 cm³/mol. The van der Waals surface area contributed by atoms with E-state index in [2.05, 4.69) is 20.6 Å². The molecule has 158 valence electrons. The maximum Gasteiger partial charge on any atom is 0.255 e. The summed E-state index contributed by atoms with van der Waals surface area (Å²) in [6, 6.07) is 13.4. The second-order valence-corrected chi connectivity index (χ2v) is 7.25. The molecule has 0 aliphatic rings. The minimum absolute atomic E-state index is 0.186. The summed E-state index contributed by atoms with van der Waals surface area (Å²) in [5, 5.41) is 11.5. The summed E-state index contributed by atoms with van der Waals surface area (Å²) >= 11 is 0. The lowest BCUT2D eigenvalue weighted by Crippen LogP contribution is -2.23. The van der Waals surface area contributed by atoms with E-state index < -0.39 is 0 Å². The molecule has 0 atom stereocenters. The van der Waals surface area contributed by atoms with E-state index in [1.54, 1.807) is 24.9 Å². The lowest BCUT2D eigenvalue weighted by molar-refractivity contribution is 0.0950. The van der Waals surface area contributed by atoms with Gasteiger partial charge in [-0.15, -0.1) is 0 Å². The van der Waals surface area contributed by atoms with Crippen LogP contribution >= 0.6 is 0 Å². The maximum atomic E-state index is 12.8. The second-order valence-electron chi connectivity index (χ2n) is 7.25. The molecule has 8 nitrogen and oxygen atoms in total. The monoisotopic (exact) mass is 417 g/mol. The van der Waals surface area contributed by atoms with Crippen LogP contribution in [0.2, 0.25) is 0 Å². The van der Waals surface area contributed by atoms with Gasteiger partial charge in [0.15, 0.2) is 0 Å². The summed E-state index contributed by atoms with van der Waals surface area (Å²) in [5.74, 6) is 1.58. The van der Waals surface area contributed by atoms with Crippen LogP contribution in [0.25, 0.3) is 17.1 Å². The van der Waals surface area contributed by atoms with Crippen LogP contribution in [0.15, 0.2) is 53.2 Å². The van der Waals surface area contributed by atoms with Crippen LogP contribution in [0.5, 0.6) is 5.75 Å². The third-order valence-electron chi connectivity index (χ3n) is 4.97. The first-order valence-corrected chi connectivity index (χ1v) is 9.83. The van der Waals surface area contributed by atoms with Gasteiger partial charge in [-0.1, -0.05) is 29.4 Å². The molecule has 0 unspecified atom stereocenters. The highest BCUT2D eigenvalue weighted by Crippen LogP contribution is 2.23. The number of aryl methyl sites for hydroxylation is 3. The third kappa shape index (κ3) is 4.32. The third-order valence-corrected chi connectivity index (χ3v) is 4.97. The molecule has 0 aliphatic carbocycles. The summed E-state index contributed by atoms with van der Waals surface area (Å²) in [6.07, 6.45) is 1.74. The number of rotatable bonds is 6. The van der Waals surface area contributed by atoms with Gasteiger partial charge in [-0.2, -0.15) is 10.1 Å². The van der Waals surface area contributed by atoms with Gasteiger partial charge in [0.1, 0.15) is 5.75 Å². The minimum atomic E-state index is -0.186. The summed E-state index contributed by atoms with van der Waals surface area (Å²) in [7, 11) is 1.62. The number of hydrogen-bond acceptors (Lipinski definition) is 6. The van der Waals surface area contributed by atoms with Crippen molar-refractivity contribution in [3.05, 3.63) is 76.9 Å². The van der Waals surface area contributed by atoms with Crippen LogP contribution in [0.1, 0.15) is 33.1 Å². The standard InChI is InChI=1S/C23H23N5O3/c1-14-8-9-18(22-25-16(3)31-27-22)11-21(14)28-13-20(15(2)26-28)23(29)24-12-17-6-5-7-19(10-17)30-4/h5-11,13H,12H2,1-4H3,(H,24,29). The second kappa shape index (κ2) is 8.43. The van der Waals surface area contributed by atoms with E-state index in [1.807, 2.05) is 56.3 Å². The van der Waals surface area contributed by atoms with Crippen molar-refractivity contribution in [1.29, 1.82) is 0 Å². The Kier molecular flexibility index (Phi) is 5.53. The van der Waals surface area contributed by atoms with Crippen molar-refractivity contribution in [2.75, 3.05) is 7.11 Å². The molecule has 4 aromatic rings. The van der Waals surface area contributed by atoms with E-state index in [9.17, 15) is 4.79 Å². The number of carbonyl (C=O) groups is 1. The van der Waals surface area contributed by atoms with Crippen LogP contribution in [0, 0.1) is 20.8 Å². The van der Waals surface area contributed by atoms with Crippen molar-refractivity contribution in [3.8, 4) is 22.8 Å². The summed E-state index contributed by atoms with van der Waals surface area (Å²) < 4.78 is 12.0. The molecular formula is C23H23N5O3. The zero-order valence-electron chi connectivity index (χ0n) is 17.8. The number of benzene rings is 2. The van der Waals surface area contributed by atoms with Crippen molar-refractivity contribution in [3.63, 3.8) is 0 Å². The van der Waals surface area contributed by atoms with Crippen molar-refractivity contribution in [1.82, 2.24) is 25.2 Å². The Labute approximate surface area is 179 Å². The molecule has 0 spiro atoms. The fraction of sp³-hybridized carbons (Fsp3) is 0.217. The van der Waals surface area contributed by atoms with Crippen LogP contribution in [0.3, 0.4) is 0 Å². The van der Waals surface area contributed by atoms with Gasteiger partial charge in [0.05, 0.1) is 24.1 Å². The highest BCUT2D eigenvalue weighted by atomic mass is 16.5. The minimum Gasteiger partial charge on any atom is -0.497 e. The first-order valence-electron chi connectivity index (χ1n) is 9.83. The Balaban J connectivity index is 1.56. The van der Waals surface area contributed by atoms with E-state index in [0.29, 0.717) is 29.5 Å². The van der Waals surface area contributed by atoms with E-state index in [0.717, 1.165) is 28.1 Å². The predicted octanol–water partition coefficient (Wildman–Crippen LogP) is 3.79. The summed E-state index contributed by atoms with van der Waals surface area (Å²) in [5.41, 5.74) is 4.78. The van der Waals surface area contributed by atoms with Gasteiger partial charge in [-0.05, 0) is 43.2 Å². The fourth-order valence-electron chi connectivity index (χ4n) is 3.28. The quantitative estimate of drug-likeness (QED) is 0.513. The van der Waals surface area contributed by atoms with E-state index in [1.165, 1.54) is 0 Å². The van der Waals surface area contributed by atoms with Gasteiger partial charge in [-0.25, -0.2) is 4.68 Å². The number of hydrogen-bond donors (Lipinski definition) is 1. The number of aromatic nitrogens is 4. The maximum absolute atomic E-state index is 12.8. The van der Waals surface area contributed by atoms with E-state index in [-0.39, 0.29) is 5.91 Å². The molecule has 0 bridgehead atoms. The molecule has 4 rings (SSSR count). The molecule has 2 aromatic heterocycles. The van der Waals surface area contributed by atoms with Gasteiger partial charge < -0.3 is 14.6 Å². The Bertz CT molecular complexity index is 1240. The van der Waals surface area contributed by atoms with Crippen LogP contribution in [-0.2, 0) is 6.54 Å². The lowest BCUT2D eigenvalue weighted by Gasteiger charge is -2.07. The zero-order chi connectivity index (χ0) is 22.0. The van der Waals surface area contributed by atoms with Crippen LogP contribution in [-0.4, -0.2) is 32.9 Å². The molecule has 1 N–H and O–H groups in total. The molecule has 8 heteroatoms. The van der Waals surface area contributed by atoms with Gasteiger partial charge in [-0.3, -0.25) is 4.79 Å². The molecule has 0 saturated heterocycles. The Morgan fingerprint density at radius 3 is 2.74 bits per heavy atom. The molecular weight excluding hydrogens is 394 g/mol. The van der Waals surface area contributed by atoms with Crippen LogP contribution < -0.4 is 10.1 Å². The Hall–Kier alpha value is -3.94. The Morgan fingerprint density at radius 1 is 1.16 bits per heavy atom. The Morgan fingerprint density at radius 2 is 2.00 bits per heavy atom. The number of methoxy groups -OCH3 is 1. The van der Waals surface area contributed by atoms with Crippen molar-refractivity contribution in [2.24, 2.45) is 0 Å². The highest BCUT2D eigenvalue weighted by molar-refractivity contribution is 5.95. The smallest absolute Gasteiger partial charge is 0.255 e. The first kappa shape index (κ1) is 20.3. The average molecular weight is 417 g/mol. The number of nitrogens with one attached hydrogen (secondary N) is 1. The average Bonchev–Trinajstić information content (AvgIpc) is 3.38. The van der Waals surface area contributed by atoms with Crippen molar-refractivity contribution < 1.29 is 14.1 Å². The topological polar surface area (TPSA) is 95.1 Å². The number of carbonyl (C=O) groups excluding carboxylic acids is 1. The normalized spacial score (nSPS) is 10.8. The van der Waals surface area contributed by atoms with Gasteiger partial charge in [0, 0.05) is 25.2 Å². The first-order chi connectivity index (χ1) is 14.9. The molecule has 0 saturated carbocycles. The molecule has 0 fully saturated rings. The molecule has 31 heavy (non-hydrogen) atoms.